The fourth-order valence-corrected chi connectivity index (χ4v) is 9.61. The number of unbranched alkanes of at least 4 members (excludes halogenated alkanes) is 10. The molecule has 7 heteroatoms. The highest BCUT2D eigenvalue weighted by molar-refractivity contribution is 5.73. The van der Waals surface area contributed by atoms with Crippen molar-refractivity contribution in [3.8, 4) is 0 Å². The average molecular weight is 818 g/mol. The van der Waals surface area contributed by atoms with E-state index < -0.39 is 0 Å². The SMILES string of the molecule is CCCCC/C=C\C/C=C\CCCCCCCC(=O)OCC(COC(=O)C1CCC(C2CCC(CCCCC)CC2)CC1)COC(=O)C1CCN(c2ccccc2)CC1. The Bertz CT molecular complexity index is 1320. The Morgan fingerprint density at radius 1 is 0.593 bits per heavy atom. The van der Waals surface area contributed by atoms with Crippen LogP contribution in [0.25, 0.3) is 0 Å². The summed E-state index contributed by atoms with van der Waals surface area (Å²) in [5.41, 5.74) is 1.18. The van der Waals surface area contributed by atoms with E-state index in [9.17, 15) is 14.4 Å². The molecule has 0 spiro atoms. The molecule has 332 valence electrons. The second kappa shape index (κ2) is 30.0. The van der Waals surface area contributed by atoms with E-state index in [0.717, 1.165) is 108 Å². The van der Waals surface area contributed by atoms with Crippen LogP contribution in [0.5, 0.6) is 0 Å². The Labute approximate surface area is 359 Å². The topological polar surface area (TPSA) is 82.1 Å². The number of hydrogen-bond donors (Lipinski definition) is 0. The second-order valence-electron chi connectivity index (χ2n) is 18.3. The van der Waals surface area contributed by atoms with Crippen molar-refractivity contribution >= 4 is 23.6 Å². The number of benzene rings is 1. The van der Waals surface area contributed by atoms with Crippen LogP contribution in [0.1, 0.15) is 181 Å². The molecule has 1 saturated heterocycles. The Balaban J connectivity index is 1.14. The van der Waals surface area contributed by atoms with Gasteiger partial charge in [0.2, 0.25) is 0 Å². The number of hydrogen-bond acceptors (Lipinski definition) is 7. The molecule has 1 heterocycles. The number of piperidine rings is 1. The first-order chi connectivity index (χ1) is 29.0. The molecule has 3 aliphatic rings. The van der Waals surface area contributed by atoms with Crippen LogP contribution in [-0.2, 0) is 28.6 Å². The first-order valence-electron chi connectivity index (χ1n) is 24.6. The van der Waals surface area contributed by atoms with E-state index in [-0.39, 0.29) is 55.5 Å². The van der Waals surface area contributed by atoms with Crippen LogP contribution >= 0.6 is 0 Å². The number of rotatable bonds is 28. The molecule has 0 bridgehead atoms. The highest BCUT2D eigenvalue weighted by atomic mass is 16.6. The van der Waals surface area contributed by atoms with Crippen molar-refractivity contribution in [2.45, 2.75) is 181 Å². The van der Waals surface area contributed by atoms with E-state index in [1.54, 1.807) is 0 Å². The van der Waals surface area contributed by atoms with E-state index in [1.807, 2.05) is 18.2 Å². The Kier molecular flexibility index (Phi) is 24.7. The van der Waals surface area contributed by atoms with Gasteiger partial charge in [-0.05, 0) is 120 Å². The van der Waals surface area contributed by atoms with Crippen LogP contribution in [0.2, 0.25) is 0 Å². The molecule has 7 nitrogen and oxygen atoms in total. The summed E-state index contributed by atoms with van der Waals surface area (Å²) in [5, 5.41) is 0. The van der Waals surface area contributed by atoms with Crippen LogP contribution in [0, 0.1) is 35.5 Å². The van der Waals surface area contributed by atoms with Gasteiger partial charge in [0.25, 0.3) is 0 Å². The lowest BCUT2D eigenvalue weighted by Gasteiger charge is -2.37. The fourth-order valence-electron chi connectivity index (χ4n) is 9.61. The maximum atomic E-state index is 13.3. The Morgan fingerprint density at radius 2 is 1.12 bits per heavy atom. The average Bonchev–Trinajstić information content (AvgIpc) is 3.28. The number of carbonyl (C=O) groups excluding carboxylic acids is 3. The smallest absolute Gasteiger partial charge is 0.309 e. The molecule has 2 aliphatic carbocycles. The molecule has 1 aromatic carbocycles. The molecular weight excluding hydrogens is 735 g/mol. The number of anilines is 1. The number of carbonyl (C=O) groups is 3. The molecule has 1 unspecified atom stereocenters. The largest absolute Gasteiger partial charge is 0.465 e. The normalized spacial score (nSPS) is 22.1. The second-order valence-corrected chi connectivity index (χ2v) is 18.3. The van der Waals surface area contributed by atoms with E-state index in [1.165, 1.54) is 89.2 Å². The molecule has 4 rings (SSSR count). The van der Waals surface area contributed by atoms with Crippen LogP contribution in [0.3, 0.4) is 0 Å². The van der Waals surface area contributed by atoms with Crippen molar-refractivity contribution in [3.05, 3.63) is 54.6 Å². The van der Waals surface area contributed by atoms with Crippen LogP contribution in [-0.4, -0.2) is 50.8 Å². The zero-order valence-corrected chi connectivity index (χ0v) is 37.5. The lowest BCUT2D eigenvalue weighted by atomic mass is 9.68. The summed E-state index contributed by atoms with van der Waals surface area (Å²) in [5.74, 6) is 1.27. The maximum absolute atomic E-state index is 13.3. The van der Waals surface area contributed by atoms with Gasteiger partial charge in [0, 0.05) is 25.2 Å². The van der Waals surface area contributed by atoms with Gasteiger partial charge < -0.3 is 19.1 Å². The van der Waals surface area contributed by atoms with E-state index in [0.29, 0.717) is 6.42 Å². The fraction of sp³-hybridized carbons (Fsp3) is 0.750. The van der Waals surface area contributed by atoms with Crippen molar-refractivity contribution in [1.29, 1.82) is 0 Å². The first kappa shape index (κ1) is 48.6. The van der Waals surface area contributed by atoms with Gasteiger partial charge in [-0.25, -0.2) is 0 Å². The summed E-state index contributed by atoms with van der Waals surface area (Å²) < 4.78 is 17.5. The molecule has 0 aromatic heterocycles. The predicted octanol–water partition coefficient (Wildman–Crippen LogP) is 13.2. The monoisotopic (exact) mass is 818 g/mol. The minimum Gasteiger partial charge on any atom is -0.465 e. The van der Waals surface area contributed by atoms with Gasteiger partial charge in [0.1, 0.15) is 19.8 Å². The minimum atomic E-state index is -0.385. The maximum Gasteiger partial charge on any atom is 0.309 e. The molecule has 0 amide bonds. The van der Waals surface area contributed by atoms with Crippen molar-refractivity contribution in [2.75, 3.05) is 37.8 Å². The number of nitrogens with zero attached hydrogens (tertiary/aromatic N) is 1. The summed E-state index contributed by atoms with van der Waals surface area (Å²) in [6.45, 7) is 6.39. The molecule has 2 saturated carbocycles. The third-order valence-corrected chi connectivity index (χ3v) is 13.6. The lowest BCUT2D eigenvalue weighted by Crippen LogP contribution is -2.37. The first-order valence-corrected chi connectivity index (χ1v) is 24.6. The molecule has 59 heavy (non-hydrogen) atoms. The number of para-hydroxylation sites is 1. The predicted molar refractivity (Wildman–Crippen MR) is 242 cm³/mol. The summed E-state index contributed by atoms with van der Waals surface area (Å²) >= 11 is 0. The molecule has 1 aliphatic heterocycles. The molecule has 3 fully saturated rings. The van der Waals surface area contributed by atoms with Crippen molar-refractivity contribution in [3.63, 3.8) is 0 Å². The molecular formula is C52H83NO6. The van der Waals surface area contributed by atoms with E-state index in [2.05, 4.69) is 55.2 Å². The van der Waals surface area contributed by atoms with Crippen molar-refractivity contribution < 1.29 is 28.6 Å². The van der Waals surface area contributed by atoms with Gasteiger partial charge in [0.15, 0.2) is 0 Å². The minimum absolute atomic E-state index is 0.0736. The van der Waals surface area contributed by atoms with Gasteiger partial charge in [-0.1, -0.05) is 127 Å². The quantitative estimate of drug-likeness (QED) is 0.0360. The number of esters is 3. The van der Waals surface area contributed by atoms with Gasteiger partial charge >= 0.3 is 17.9 Å². The zero-order valence-electron chi connectivity index (χ0n) is 37.5. The number of ether oxygens (including phenoxy) is 3. The van der Waals surface area contributed by atoms with E-state index >= 15 is 0 Å². The third-order valence-electron chi connectivity index (χ3n) is 13.6. The van der Waals surface area contributed by atoms with Gasteiger partial charge in [-0.2, -0.15) is 0 Å². The standard InChI is InChI=1S/C52H83NO6/c1-3-5-7-8-9-10-11-12-13-14-15-16-17-18-23-27-50(54)57-40-44(42-59-52(56)48-36-38-53(39-37-48)49-25-21-19-22-26-49)41-58-51(55)47-34-32-46(33-35-47)45-30-28-43(29-31-45)24-20-6-4-2/h9-10,12-13,19,21-22,25-26,43-48H,3-8,11,14-18,20,23-24,27-42H2,1-2H3/b10-9-,13-12-. The number of allylic oxidation sites excluding steroid dienone is 4. The van der Waals surface area contributed by atoms with Gasteiger partial charge in [-0.15, -0.1) is 0 Å². The Hall–Kier alpha value is -3.09. The third kappa shape index (κ3) is 19.9. The van der Waals surface area contributed by atoms with Crippen LogP contribution in [0.4, 0.5) is 5.69 Å². The van der Waals surface area contributed by atoms with Crippen LogP contribution in [0.15, 0.2) is 54.6 Å². The van der Waals surface area contributed by atoms with Crippen molar-refractivity contribution in [1.82, 2.24) is 0 Å². The van der Waals surface area contributed by atoms with E-state index in [4.69, 9.17) is 14.2 Å². The van der Waals surface area contributed by atoms with Crippen LogP contribution < -0.4 is 4.90 Å². The van der Waals surface area contributed by atoms with Gasteiger partial charge in [0.05, 0.1) is 17.8 Å². The zero-order chi connectivity index (χ0) is 41.8. The molecule has 0 radical (unpaired) electrons. The highest BCUT2D eigenvalue weighted by Crippen LogP contribution is 2.42. The molecule has 0 N–H and O–H groups in total. The summed E-state index contributed by atoms with van der Waals surface area (Å²) in [6.07, 6.45) is 38.4. The van der Waals surface area contributed by atoms with Crippen molar-refractivity contribution in [2.24, 2.45) is 35.5 Å². The summed E-state index contributed by atoms with van der Waals surface area (Å²) in [7, 11) is 0. The molecule has 1 atom stereocenters. The summed E-state index contributed by atoms with van der Waals surface area (Å²) in [6, 6.07) is 10.3. The molecule has 1 aromatic rings. The van der Waals surface area contributed by atoms with Gasteiger partial charge in [-0.3, -0.25) is 14.4 Å². The summed E-state index contributed by atoms with van der Waals surface area (Å²) in [4.78, 5) is 41.7. The lowest BCUT2D eigenvalue weighted by molar-refractivity contribution is -0.158. The highest BCUT2D eigenvalue weighted by Gasteiger charge is 2.34. The Morgan fingerprint density at radius 3 is 1.75 bits per heavy atom.